The largest absolute Gasteiger partial charge is 0.466 e. The van der Waals surface area contributed by atoms with Crippen molar-refractivity contribution < 1.29 is 14.3 Å². The van der Waals surface area contributed by atoms with E-state index >= 15 is 0 Å². The summed E-state index contributed by atoms with van der Waals surface area (Å²) >= 11 is 0. The normalized spacial score (nSPS) is 28.9. The van der Waals surface area contributed by atoms with Crippen LogP contribution in [0.15, 0.2) is 12.2 Å². The molecule has 0 aromatic carbocycles. The van der Waals surface area contributed by atoms with Crippen molar-refractivity contribution in [3.8, 4) is 0 Å². The third-order valence-corrected chi connectivity index (χ3v) is 1.65. The Hall–Kier alpha value is -0.830. The number of carbonyl (C=O) groups is 1. The smallest absolute Gasteiger partial charge is 0.330 e. The Morgan fingerprint density at radius 2 is 2.45 bits per heavy atom. The van der Waals surface area contributed by atoms with Crippen LogP contribution < -0.4 is 0 Å². The molecule has 0 saturated carbocycles. The summed E-state index contributed by atoms with van der Waals surface area (Å²) in [6.45, 7) is 2.05. The summed E-state index contributed by atoms with van der Waals surface area (Å²) in [7, 11) is 1.36. The maximum absolute atomic E-state index is 10.6. The van der Waals surface area contributed by atoms with E-state index < -0.39 is 0 Å². The van der Waals surface area contributed by atoms with Gasteiger partial charge in [-0.1, -0.05) is 6.92 Å². The van der Waals surface area contributed by atoms with Crippen molar-refractivity contribution in [3.63, 3.8) is 0 Å². The number of ether oxygens (including phenoxy) is 2. The van der Waals surface area contributed by atoms with E-state index in [9.17, 15) is 4.79 Å². The van der Waals surface area contributed by atoms with Crippen LogP contribution in [0.25, 0.3) is 0 Å². The van der Waals surface area contributed by atoms with Crippen LogP contribution in [0.1, 0.15) is 13.3 Å². The summed E-state index contributed by atoms with van der Waals surface area (Å²) in [5.41, 5.74) is 0. The molecule has 11 heavy (non-hydrogen) atoms. The molecule has 0 aliphatic carbocycles. The number of rotatable bonds is 3. The molecular weight excluding hydrogens is 144 g/mol. The van der Waals surface area contributed by atoms with Crippen LogP contribution in [-0.4, -0.2) is 25.3 Å². The molecule has 0 radical (unpaired) electrons. The first-order valence-corrected chi connectivity index (χ1v) is 3.69. The van der Waals surface area contributed by atoms with Gasteiger partial charge in [-0.05, 0) is 12.5 Å². The first-order chi connectivity index (χ1) is 5.27. The maximum Gasteiger partial charge on any atom is 0.330 e. The molecule has 0 aromatic heterocycles. The van der Waals surface area contributed by atoms with Gasteiger partial charge in [-0.25, -0.2) is 4.79 Å². The van der Waals surface area contributed by atoms with Crippen LogP contribution in [-0.2, 0) is 14.3 Å². The minimum atomic E-state index is -0.324. The highest BCUT2D eigenvalue weighted by Gasteiger charge is 2.34. The van der Waals surface area contributed by atoms with Crippen LogP contribution in [0.5, 0.6) is 0 Å². The molecule has 1 aliphatic rings. The van der Waals surface area contributed by atoms with Gasteiger partial charge in [0.15, 0.2) is 0 Å². The van der Waals surface area contributed by atoms with Gasteiger partial charge in [-0.15, -0.1) is 0 Å². The minimum absolute atomic E-state index is 0.138. The highest BCUT2D eigenvalue weighted by Crippen LogP contribution is 2.25. The summed E-state index contributed by atoms with van der Waals surface area (Å²) in [6.07, 6.45) is 4.59. The van der Waals surface area contributed by atoms with Crippen LogP contribution >= 0.6 is 0 Å². The number of epoxide rings is 1. The maximum atomic E-state index is 10.6. The number of hydrogen-bond acceptors (Lipinski definition) is 3. The van der Waals surface area contributed by atoms with E-state index in [2.05, 4.69) is 11.7 Å². The summed E-state index contributed by atoms with van der Waals surface area (Å²) in [4.78, 5) is 10.6. The van der Waals surface area contributed by atoms with Gasteiger partial charge in [0.1, 0.15) is 6.10 Å². The lowest BCUT2D eigenvalue weighted by Gasteiger charge is -1.86. The second kappa shape index (κ2) is 3.53. The molecule has 1 unspecified atom stereocenters. The van der Waals surface area contributed by atoms with Crippen molar-refractivity contribution in [3.05, 3.63) is 12.2 Å². The Kier molecular flexibility index (Phi) is 2.65. The van der Waals surface area contributed by atoms with Gasteiger partial charge in [0.05, 0.1) is 13.2 Å². The fraction of sp³-hybridized carbons (Fsp3) is 0.625. The molecule has 1 fully saturated rings. The average Bonchev–Trinajstić information content (AvgIpc) is 2.78. The topological polar surface area (TPSA) is 38.8 Å². The lowest BCUT2D eigenvalue weighted by molar-refractivity contribution is -0.134. The van der Waals surface area contributed by atoms with Crippen molar-refractivity contribution in [2.45, 2.75) is 25.6 Å². The first kappa shape index (κ1) is 8.27. The Bertz CT molecular complexity index is 174. The first-order valence-electron chi connectivity index (χ1n) is 3.69. The van der Waals surface area contributed by atoms with E-state index in [4.69, 9.17) is 4.74 Å². The van der Waals surface area contributed by atoms with E-state index in [1.54, 1.807) is 6.08 Å². The highest BCUT2D eigenvalue weighted by molar-refractivity contribution is 5.81. The molecule has 0 aromatic rings. The third-order valence-electron chi connectivity index (χ3n) is 1.65. The van der Waals surface area contributed by atoms with Gasteiger partial charge in [0.25, 0.3) is 0 Å². The Morgan fingerprint density at radius 1 is 1.73 bits per heavy atom. The minimum Gasteiger partial charge on any atom is -0.466 e. The van der Waals surface area contributed by atoms with Crippen molar-refractivity contribution in [1.82, 2.24) is 0 Å². The van der Waals surface area contributed by atoms with Crippen LogP contribution in [0.3, 0.4) is 0 Å². The zero-order valence-electron chi connectivity index (χ0n) is 6.74. The van der Waals surface area contributed by atoms with Gasteiger partial charge < -0.3 is 9.47 Å². The van der Waals surface area contributed by atoms with Crippen molar-refractivity contribution >= 4 is 5.97 Å². The monoisotopic (exact) mass is 156 g/mol. The second-order valence-electron chi connectivity index (χ2n) is 2.43. The molecule has 0 spiro atoms. The quantitative estimate of drug-likeness (QED) is 0.346. The van der Waals surface area contributed by atoms with Gasteiger partial charge in [0.2, 0.25) is 0 Å². The second-order valence-corrected chi connectivity index (χ2v) is 2.43. The molecule has 1 aliphatic heterocycles. The fourth-order valence-corrected chi connectivity index (χ4v) is 0.896. The molecule has 62 valence electrons. The number of esters is 1. The summed E-state index contributed by atoms with van der Waals surface area (Å²) in [6, 6.07) is 0. The predicted molar refractivity (Wildman–Crippen MR) is 40.1 cm³/mol. The third kappa shape index (κ3) is 2.35. The van der Waals surface area contributed by atoms with E-state index in [1.807, 2.05) is 0 Å². The lowest BCUT2D eigenvalue weighted by atomic mass is 10.2. The molecule has 3 nitrogen and oxygen atoms in total. The SMILES string of the molecule is CC[C@H]1OC1/C=C/C(=O)OC. The van der Waals surface area contributed by atoms with Crippen LogP contribution in [0.2, 0.25) is 0 Å². The van der Waals surface area contributed by atoms with Crippen molar-refractivity contribution in [2.75, 3.05) is 7.11 Å². The molecule has 1 rings (SSSR count). The molecule has 3 heteroatoms. The molecule has 0 amide bonds. The molecule has 1 saturated heterocycles. The predicted octanol–water partition coefficient (Wildman–Crippen LogP) is 0.893. The highest BCUT2D eigenvalue weighted by atomic mass is 16.6. The van der Waals surface area contributed by atoms with Crippen LogP contribution in [0.4, 0.5) is 0 Å². The van der Waals surface area contributed by atoms with Crippen molar-refractivity contribution in [2.24, 2.45) is 0 Å². The molecular formula is C8H12O3. The number of carbonyl (C=O) groups excluding carboxylic acids is 1. The summed E-state index contributed by atoms with van der Waals surface area (Å²) in [5, 5.41) is 0. The Morgan fingerprint density at radius 3 is 2.91 bits per heavy atom. The zero-order valence-corrected chi connectivity index (χ0v) is 6.74. The van der Waals surface area contributed by atoms with E-state index in [0.717, 1.165) is 6.42 Å². The molecule has 2 atom stereocenters. The number of hydrogen-bond donors (Lipinski definition) is 0. The summed E-state index contributed by atoms with van der Waals surface area (Å²) in [5.74, 6) is -0.324. The standard InChI is InChI=1S/C8H12O3/c1-3-6-7(11-6)4-5-8(9)10-2/h4-7H,3H2,1-2H3/b5-4+/t6-,7?/m1/s1. The van der Waals surface area contributed by atoms with Gasteiger partial charge in [-0.3, -0.25) is 0 Å². The Labute approximate surface area is 66.0 Å². The van der Waals surface area contributed by atoms with Gasteiger partial charge in [-0.2, -0.15) is 0 Å². The lowest BCUT2D eigenvalue weighted by Crippen LogP contribution is -1.95. The summed E-state index contributed by atoms with van der Waals surface area (Å²) < 4.78 is 9.58. The van der Waals surface area contributed by atoms with Gasteiger partial charge >= 0.3 is 5.97 Å². The Balaban J connectivity index is 2.22. The number of methoxy groups -OCH3 is 1. The molecule has 1 heterocycles. The van der Waals surface area contributed by atoms with E-state index in [-0.39, 0.29) is 12.1 Å². The fourth-order valence-electron chi connectivity index (χ4n) is 0.896. The molecule has 0 bridgehead atoms. The molecule has 0 N–H and O–H groups in total. The van der Waals surface area contributed by atoms with Crippen LogP contribution in [0, 0.1) is 0 Å². The zero-order chi connectivity index (χ0) is 8.27. The van der Waals surface area contributed by atoms with E-state index in [0.29, 0.717) is 6.10 Å². The van der Waals surface area contributed by atoms with Gasteiger partial charge in [0, 0.05) is 6.08 Å². The van der Waals surface area contributed by atoms with Crippen molar-refractivity contribution in [1.29, 1.82) is 0 Å². The van der Waals surface area contributed by atoms with E-state index in [1.165, 1.54) is 13.2 Å². The average molecular weight is 156 g/mol.